The van der Waals surface area contributed by atoms with E-state index >= 15 is 0 Å². The van der Waals surface area contributed by atoms with Crippen LogP contribution in [0.5, 0.6) is 5.75 Å². The first-order valence-electron chi connectivity index (χ1n) is 6.63. The number of nitrogen functional groups attached to an aromatic ring is 1. The van der Waals surface area contributed by atoms with Crippen molar-refractivity contribution in [2.24, 2.45) is 5.92 Å². The topological polar surface area (TPSA) is 67.5 Å². The van der Waals surface area contributed by atoms with Gasteiger partial charge in [-0.3, -0.25) is 0 Å². The number of rotatable bonds is 5. The Morgan fingerprint density at radius 3 is 2.94 bits per heavy atom. The van der Waals surface area contributed by atoms with Crippen molar-refractivity contribution in [3.05, 3.63) is 18.2 Å². The molecule has 1 aliphatic carbocycles. The number of anilines is 2. The number of hydrogen-bond acceptors (Lipinski definition) is 4. The third-order valence-electron chi connectivity index (χ3n) is 3.42. The molecule has 1 fully saturated rings. The van der Waals surface area contributed by atoms with Crippen LogP contribution in [-0.4, -0.2) is 24.4 Å². The van der Waals surface area contributed by atoms with Gasteiger partial charge >= 0.3 is 0 Å². The van der Waals surface area contributed by atoms with Crippen molar-refractivity contribution >= 4 is 11.4 Å². The van der Waals surface area contributed by atoms with Crippen molar-refractivity contribution in [2.45, 2.75) is 32.3 Å². The molecule has 0 bridgehead atoms. The maximum absolute atomic E-state index is 9.48. The Bertz CT molecular complexity index is 395. The van der Waals surface area contributed by atoms with Gasteiger partial charge in [-0.2, -0.15) is 0 Å². The van der Waals surface area contributed by atoms with Crippen LogP contribution in [0.4, 0.5) is 11.4 Å². The van der Waals surface area contributed by atoms with Gasteiger partial charge in [0.15, 0.2) is 0 Å². The SMILES string of the molecule is CCOc1cc(NCC2CCC(O)C2)ccc1N. The van der Waals surface area contributed by atoms with Crippen molar-refractivity contribution in [3.8, 4) is 5.75 Å². The quantitative estimate of drug-likeness (QED) is 0.701. The predicted octanol–water partition coefficient (Wildman–Crippen LogP) is 2.24. The van der Waals surface area contributed by atoms with Gasteiger partial charge in [0.2, 0.25) is 0 Å². The molecule has 0 saturated heterocycles. The van der Waals surface area contributed by atoms with Gasteiger partial charge in [0.25, 0.3) is 0 Å². The normalized spacial score (nSPS) is 23.0. The summed E-state index contributed by atoms with van der Waals surface area (Å²) in [6.45, 7) is 3.45. The molecule has 100 valence electrons. The molecule has 1 aromatic rings. The number of nitrogens with two attached hydrogens (primary N) is 1. The number of aliphatic hydroxyl groups is 1. The van der Waals surface area contributed by atoms with Crippen molar-refractivity contribution in [1.29, 1.82) is 0 Å². The molecule has 4 N–H and O–H groups in total. The van der Waals surface area contributed by atoms with Gasteiger partial charge in [-0.05, 0) is 44.2 Å². The van der Waals surface area contributed by atoms with Crippen molar-refractivity contribution in [2.75, 3.05) is 24.2 Å². The molecule has 0 radical (unpaired) electrons. The second-order valence-corrected chi connectivity index (χ2v) is 4.90. The average Bonchev–Trinajstić information content (AvgIpc) is 2.76. The summed E-state index contributed by atoms with van der Waals surface area (Å²) in [6, 6.07) is 5.75. The highest BCUT2D eigenvalue weighted by Gasteiger charge is 2.22. The molecule has 0 spiro atoms. The van der Waals surface area contributed by atoms with E-state index in [1.165, 1.54) is 0 Å². The van der Waals surface area contributed by atoms with E-state index in [4.69, 9.17) is 10.5 Å². The second-order valence-electron chi connectivity index (χ2n) is 4.90. The first-order valence-corrected chi connectivity index (χ1v) is 6.63. The Morgan fingerprint density at radius 1 is 1.44 bits per heavy atom. The van der Waals surface area contributed by atoms with Gasteiger partial charge < -0.3 is 20.9 Å². The molecule has 0 aliphatic heterocycles. The molecule has 1 saturated carbocycles. The zero-order valence-corrected chi connectivity index (χ0v) is 10.9. The van der Waals surface area contributed by atoms with E-state index in [2.05, 4.69) is 5.32 Å². The van der Waals surface area contributed by atoms with Gasteiger partial charge in [-0.1, -0.05) is 0 Å². The minimum Gasteiger partial charge on any atom is -0.492 e. The lowest BCUT2D eigenvalue weighted by atomic mass is 10.1. The Hall–Kier alpha value is -1.42. The predicted molar refractivity (Wildman–Crippen MR) is 73.9 cm³/mol. The number of hydrogen-bond donors (Lipinski definition) is 3. The lowest BCUT2D eigenvalue weighted by Crippen LogP contribution is -2.12. The van der Waals surface area contributed by atoms with Crippen molar-refractivity contribution in [1.82, 2.24) is 0 Å². The Balaban J connectivity index is 1.91. The van der Waals surface area contributed by atoms with E-state index in [0.29, 0.717) is 18.2 Å². The molecule has 18 heavy (non-hydrogen) atoms. The lowest BCUT2D eigenvalue weighted by Gasteiger charge is -2.14. The minimum atomic E-state index is -0.109. The summed E-state index contributed by atoms with van der Waals surface area (Å²) < 4.78 is 5.46. The maximum atomic E-state index is 9.48. The Labute approximate surface area is 108 Å². The van der Waals surface area contributed by atoms with E-state index in [-0.39, 0.29) is 6.10 Å². The maximum Gasteiger partial charge on any atom is 0.144 e. The molecule has 1 aliphatic rings. The van der Waals surface area contributed by atoms with Gasteiger partial charge in [-0.25, -0.2) is 0 Å². The first-order chi connectivity index (χ1) is 8.69. The molecule has 4 nitrogen and oxygen atoms in total. The third-order valence-corrected chi connectivity index (χ3v) is 3.42. The van der Waals surface area contributed by atoms with Gasteiger partial charge in [0.1, 0.15) is 5.75 Å². The van der Waals surface area contributed by atoms with E-state index in [0.717, 1.165) is 37.2 Å². The summed E-state index contributed by atoms with van der Waals surface area (Å²) in [7, 11) is 0. The number of benzene rings is 1. The zero-order valence-electron chi connectivity index (χ0n) is 10.9. The van der Waals surface area contributed by atoms with Crippen molar-refractivity contribution in [3.63, 3.8) is 0 Å². The summed E-state index contributed by atoms with van der Waals surface area (Å²) >= 11 is 0. The summed E-state index contributed by atoms with van der Waals surface area (Å²) in [5, 5.41) is 12.9. The molecule has 2 unspecified atom stereocenters. The fraction of sp³-hybridized carbons (Fsp3) is 0.571. The molecule has 2 atom stereocenters. The smallest absolute Gasteiger partial charge is 0.144 e. The monoisotopic (exact) mass is 250 g/mol. The van der Waals surface area contributed by atoms with Crippen LogP contribution in [0.1, 0.15) is 26.2 Å². The van der Waals surface area contributed by atoms with Crippen LogP contribution in [0.2, 0.25) is 0 Å². The van der Waals surface area contributed by atoms with Crippen LogP contribution >= 0.6 is 0 Å². The highest BCUT2D eigenvalue weighted by atomic mass is 16.5. The average molecular weight is 250 g/mol. The van der Waals surface area contributed by atoms with Crippen LogP contribution in [0, 0.1) is 5.92 Å². The summed E-state index contributed by atoms with van der Waals surface area (Å²) in [6.07, 6.45) is 2.82. The molecule has 0 aromatic heterocycles. The Morgan fingerprint density at radius 2 is 2.28 bits per heavy atom. The fourth-order valence-electron chi connectivity index (χ4n) is 2.42. The van der Waals surface area contributed by atoms with Crippen LogP contribution in [-0.2, 0) is 0 Å². The lowest BCUT2D eigenvalue weighted by molar-refractivity contribution is 0.178. The first kappa shape index (κ1) is 13.0. The summed E-state index contributed by atoms with van der Waals surface area (Å²) in [4.78, 5) is 0. The van der Waals surface area contributed by atoms with E-state index in [1.54, 1.807) is 0 Å². The van der Waals surface area contributed by atoms with Gasteiger partial charge in [0.05, 0.1) is 18.4 Å². The minimum absolute atomic E-state index is 0.109. The van der Waals surface area contributed by atoms with Crippen LogP contribution in [0.3, 0.4) is 0 Å². The molecule has 4 heteroatoms. The van der Waals surface area contributed by atoms with Crippen LogP contribution in [0.15, 0.2) is 18.2 Å². The molecule has 0 amide bonds. The van der Waals surface area contributed by atoms with Crippen LogP contribution < -0.4 is 15.8 Å². The molecule has 0 heterocycles. The third kappa shape index (κ3) is 3.29. The molecule has 2 rings (SSSR count). The van der Waals surface area contributed by atoms with E-state index < -0.39 is 0 Å². The number of nitrogens with one attached hydrogen (secondary N) is 1. The van der Waals surface area contributed by atoms with Crippen molar-refractivity contribution < 1.29 is 9.84 Å². The summed E-state index contributed by atoms with van der Waals surface area (Å²) in [5.41, 5.74) is 7.51. The summed E-state index contributed by atoms with van der Waals surface area (Å²) in [5.74, 6) is 1.29. The van der Waals surface area contributed by atoms with E-state index in [1.807, 2.05) is 25.1 Å². The van der Waals surface area contributed by atoms with Crippen LogP contribution in [0.25, 0.3) is 0 Å². The molecular weight excluding hydrogens is 228 g/mol. The Kier molecular flexibility index (Phi) is 4.31. The zero-order chi connectivity index (χ0) is 13.0. The highest BCUT2D eigenvalue weighted by Crippen LogP contribution is 2.28. The standard InChI is InChI=1S/C14H22N2O2/c1-2-18-14-8-11(4-6-13(14)15)16-9-10-3-5-12(17)7-10/h4,6,8,10,12,16-17H,2-3,5,7,9,15H2,1H3. The largest absolute Gasteiger partial charge is 0.492 e. The molecular formula is C14H22N2O2. The molecule has 1 aromatic carbocycles. The van der Waals surface area contributed by atoms with Gasteiger partial charge in [0, 0.05) is 18.3 Å². The number of ether oxygens (including phenoxy) is 1. The van der Waals surface area contributed by atoms with E-state index in [9.17, 15) is 5.11 Å². The highest BCUT2D eigenvalue weighted by molar-refractivity contribution is 5.61. The number of aliphatic hydroxyl groups excluding tert-OH is 1. The van der Waals surface area contributed by atoms with Gasteiger partial charge in [-0.15, -0.1) is 0 Å². The fourth-order valence-corrected chi connectivity index (χ4v) is 2.42. The second kappa shape index (κ2) is 5.96.